The van der Waals surface area contributed by atoms with Crippen LogP contribution in [-0.2, 0) is 4.74 Å². The van der Waals surface area contributed by atoms with Crippen molar-refractivity contribution < 1.29 is 14.3 Å². The van der Waals surface area contributed by atoms with Gasteiger partial charge in [0.05, 0.1) is 12.6 Å². The highest BCUT2D eigenvalue weighted by molar-refractivity contribution is 5.90. The number of nitrogens with one attached hydrogen (secondary N) is 2. The molecular formula is C12H14N2O3. The summed E-state index contributed by atoms with van der Waals surface area (Å²) in [7, 11) is 0. The zero-order chi connectivity index (χ0) is 12.1. The normalized spacial score (nSPS) is 18.7. The Kier molecular flexibility index (Phi) is 3.72. The van der Waals surface area contributed by atoms with E-state index in [1.165, 1.54) is 0 Å². The molecular weight excluding hydrogens is 220 g/mol. The van der Waals surface area contributed by atoms with Crippen LogP contribution in [0.15, 0.2) is 24.3 Å². The van der Waals surface area contributed by atoms with Crippen molar-refractivity contribution in [3.63, 3.8) is 0 Å². The van der Waals surface area contributed by atoms with Gasteiger partial charge in [0.2, 0.25) is 0 Å². The van der Waals surface area contributed by atoms with Crippen molar-refractivity contribution in [2.75, 3.05) is 18.5 Å². The molecule has 5 nitrogen and oxygen atoms in total. The number of carbonyl (C=O) groups excluding carboxylic acids is 2. The van der Waals surface area contributed by atoms with Crippen LogP contribution in [0.5, 0.6) is 0 Å². The number of amides is 2. The molecule has 1 saturated heterocycles. The van der Waals surface area contributed by atoms with Gasteiger partial charge in [-0.2, -0.15) is 0 Å². The van der Waals surface area contributed by atoms with Crippen LogP contribution in [0.25, 0.3) is 0 Å². The third-order valence-electron chi connectivity index (χ3n) is 2.57. The van der Waals surface area contributed by atoms with Gasteiger partial charge in [0.25, 0.3) is 0 Å². The lowest BCUT2D eigenvalue weighted by molar-refractivity contribution is 0.112. The van der Waals surface area contributed by atoms with Crippen LogP contribution >= 0.6 is 0 Å². The number of hydrogen-bond donors (Lipinski definition) is 2. The maximum atomic E-state index is 11.6. The molecule has 1 aliphatic rings. The van der Waals surface area contributed by atoms with Crippen molar-refractivity contribution in [3.05, 3.63) is 29.8 Å². The van der Waals surface area contributed by atoms with Gasteiger partial charge in [0.15, 0.2) is 0 Å². The Hall–Kier alpha value is -1.88. The number of benzene rings is 1. The smallest absolute Gasteiger partial charge is 0.319 e. The zero-order valence-electron chi connectivity index (χ0n) is 9.31. The van der Waals surface area contributed by atoms with E-state index in [4.69, 9.17) is 4.74 Å². The van der Waals surface area contributed by atoms with E-state index in [2.05, 4.69) is 10.6 Å². The fraction of sp³-hybridized carbons (Fsp3) is 0.333. The number of urea groups is 1. The largest absolute Gasteiger partial charge is 0.379 e. The maximum absolute atomic E-state index is 11.6. The van der Waals surface area contributed by atoms with Crippen LogP contribution in [0.2, 0.25) is 0 Å². The number of aldehydes is 1. The number of hydrogen-bond acceptors (Lipinski definition) is 3. The van der Waals surface area contributed by atoms with Gasteiger partial charge in [-0.1, -0.05) is 0 Å². The predicted molar refractivity (Wildman–Crippen MR) is 63.2 cm³/mol. The second-order valence-electron chi connectivity index (χ2n) is 3.90. The van der Waals surface area contributed by atoms with Gasteiger partial charge in [0, 0.05) is 17.9 Å². The molecule has 2 N–H and O–H groups in total. The van der Waals surface area contributed by atoms with E-state index in [0.717, 1.165) is 12.7 Å². The van der Waals surface area contributed by atoms with Crippen LogP contribution in [0.1, 0.15) is 16.8 Å². The van der Waals surface area contributed by atoms with Crippen molar-refractivity contribution in [2.45, 2.75) is 12.5 Å². The molecule has 1 heterocycles. The predicted octanol–water partition coefficient (Wildman–Crippen LogP) is 1.41. The fourth-order valence-electron chi connectivity index (χ4n) is 1.65. The Morgan fingerprint density at radius 3 is 2.71 bits per heavy atom. The minimum absolute atomic E-state index is 0.0873. The van der Waals surface area contributed by atoms with Crippen LogP contribution < -0.4 is 10.6 Å². The first kappa shape index (κ1) is 11.6. The lowest BCUT2D eigenvalue weighted by Gasteiger charge is -2.11. The molecule has 1 aromatic rings. The Morgan fingerprint density at radius 2 is 2.12 bits per heavy atom. The van der Waals surface area contributed by atoms with E-state index in [0.29, 0.717) is 24.5 Å². The Bertz CT molecular complexity index is 397. The summed E-state index contributed by atoms with van der Waals surface area (Å²) >= 11 is 0. The molecule has 0 spiro atoms. The van der Waals surface area contributed by atoms with Crippen LogP contribution in [-0.4, -0.2) is 31.6 Å². The van der Waals surface area contributed by atoms with Crippen LogP contribution in [0.3, 0.4) is 0 Å². The second-order valence-corrected chi connectivity index (χ2v) is 3.90. The van der Waals surface area contributed by atoms with Gasteiger partial charge in [-0.25, -0.2) is 4.79 Å². The summed E-state index contributed by atoms with van der Waals surface area (Å²) in [5.74, 6) is 0. The van der Waals surface area contributed by atoms with Crippen LogP contribution in [0, 0.1) is 0 Å². The Balaban J connectivity index is 1.86. The van der Waals surface area contributed by atoms with E-state index in [-0.39, 0.29) is 12.1 Å². The molecule has 1 aromatic carbocycles. The van der Waals surface area contributed by atoms with E-state index in [9.17, 15) is 9.59 Å². The summed E-state index contributed by atoms with van der Waals surface area (Å²) in [4.78, 5) is 22.0. The second kappa shape index (κ2) is 5.45. The molecule has 90 valence electrons. The van der Waals surface area contributed by atoms with E-state index in [1.54, 1.807) is 24.3 Å². The van der Waals surface area contributed by atoms with Gasteiger partial charge in [-0.05, 0) is 30.7 Å². The molecule has 0 aromatic heterocycles. The SMILES string of the molecule is O=Cc1ccc(NC(=O)NC2CCOC2)cc1. The first-order valence-electron chi connectivity index (χ1n) is 5.48. The molecule has 1 unspecified atom stereocenters. The standard InChI is InChI=1S/C12H14N2O3/c15-7-9-1-3-10(4-2-9)13-12(16)14-11-5-6-17-8-11/h1-4,7,11H,5-6,8H2,(H2,13,14,16). The van der Waals surface area contributed by atoms with Crippen molar-refractivity contribution >= 4 is 18.0 Å². The monoisotopic (exact) mass is 234 g/mol. The minimum Gasteiger partial charge on any atom is -0.379 e. The highest BCUT2D eigenvalue weighted by atomic mass is 16.5. The van der Waals surface area contributed by atoms with Crippen molar-refractivity contribution in [2.24, 2.45) is 0 Å². The maximum Gasteiger partial charge on any atom is 0.319 e. The summed E-state index contributed by atoms with van der Waals surface area (Å²) in [6, 6.07) is 6.52. The van der Waals surface area contributed by atoms with Crippen LogP contribution in [0.4, 0.5) is 10.5 Å². The number of anilines is 1. The first-order chi connectivity index (χ1) is 8.28. The Morgan fingerprint density at radius 1 is 1.35 bits per heavy atom. The quantitative estimate of drug-likeness (QED) is 0.777. The summed E-state index contributed by atoms with van der Waals surface area (Å²) in [5, 5.41) is 5.51. The number of ether oxygens (including phenoxy) is 1. The molecule has 0 radical (unpaired) electrons. The summed E-state index contributed by atoms with van der Waals surface area (Å²) < 4.78 is 5.16. The molecule has 1 aliphatic heterocycles. The zero-order valence-corrected chi connectivity index (χ0v) is 9.31. The lowest BCUT2D eigenvalue weighted by Crippen LogP contribution is -2.38. The van der Waals surface area contributed by atoms with Gasteiger partial charge < -0.3 is 15.4 Å². The van der Waals surface area contributed by atoms with Crippen molar-refractivity contribution in [1.29, 1.82) is 0 Å². The van der Waals surface area contributed by atoms with E-state index in [1.807, 2.05) is 0 Å². The third-order valence-corrected chi connectivity index (χ3v) is 2.57. The third kappa shape index (κ3) is 3.29. The molecule has 2 amide bonds. The van der Waals surface area contributed by atoms with E-state index < -0.39 is 0 Å². The first-order valence-corrected chi connectivity index (χ1v) is 5.48. The highest BCUT2D eigenvalue weighted by Crippen LogP contribution is 2.09. The minimum atomic E-state index is -0.251. The molecule has 2 rings (SSSR count). The van der Waals surface area contributed by atoms with Gasteiger partial charge in [-0.3, -0.25) is 4.79 Å². The summed E-state index contributed by atoms with van der Waals surface area (Å²) in [6.07, 6.45) is 1.61. The van der Waals surface area contributed by atoms with Crippen molar-refractivity contribution in [1.82, 2.24) is 5.32 Å². The topological polar surface area (TPSA) is 67.4 Å². The van der Waals surface area contributed by atoms with E-state index >= 15 is 0 Å². The summed E-state index contributed by atoms with van der Waals surface area (Å²) in [6.45, 7) is 1.26. The highest BCUT2D eigenvalue weighted by Gasteiger charge is 2.17. The average molecular weight is 234 g/mol. The fourth-order valence-corrected chi connectivity index (χ4v) is 1.65. The average Bonchev–Trinajstić information content (AvgIpc) is 2.82. The summed E-state index contributed by atoms with van der Waals surface area (Å²) in [5.41, 5.74) is 1.24. The molecule has 0 bridgehead atoms. The van der Waals surface area contributed by atoms with Gasteiger partial charge >= 0.3 is 6.03 Å². The molecule has 1 fully saturated rings. The lowest BCUT2D eigenvalue weighted by atomic mass is 10.2. The molecule has 1 atom stereocenters. The molecule has 0 saturated carbocycles. The number of carbonyl (C=O) groups is 2. The van der Waals surface area contributed by atoms with Gasteiger partial charge in [0.1, 0.15) is 6.29 Å². The molecule has 0 aliphatic carbocycles. The molecule has 17 heavy (non-hydrogen) atoms. The Labute approximate surface area is 99.2 Å². The number of rotatable bonds is 3. The van der Waals surface area contributed by atoms with Crippen molar-refractivity contribution in [3.8, 4) is 0 Å². The van der Waals surface area contributed by atoms with Gasteiger partial charge in [-0.15, -0.1) is 0 Å². The molecule has 5 heteroatoms.